The SMILES string of the molecule is O=C(O)CCCCc1nc2cc(C(=O)N3CCC(n4ncc5ccccc54)CC3)ccc2nc1-c1ccc(Cl)cc1. The molecule has 0 spiro atoms. The first-order valence-corrected chi connectivity index (χ1v) is 14.3. The maximum absolute atomic E-state index is 13.5. The Morgan fingerprint density at radius 1 is 0.927 bits per heavy atom. The lowest BCUT2D eigenvalue weighted by atomic mass is 10.0. The summed E-state index contributed by atoms with van der Waals surface area (Å²) in [6.45, 7) is 1.32. The Labute approximate surface area is 242 Å². The molecule has 41 heavy (non-hydrogen) atoms. The zero-order valence-corrected chi connectivity index (χ0v) is 23.3. The van der Waals surface area contributed by atoms with Gasteiger partial charge in [-0.05, 0) is 68.5 Å². The fourth-order valence-electron chi connectivity index (χ4n) is 5.58. The fourth-order valence-corrected chi connectivity index (χ4v) is 5.71. The molecule has 0 atom stereocenters. The molecule has 1 amide bonds. The molecule has 3 heterocycles. The molecule has 1 N–H and O–H groups in total. The number of benzene rings is 3. The van der Waals surface area contributed by atoms with Gasteiger partial charge in [-0.3, -0.25) is 14.3 Å². The summed E-state index contributed by atoms with van der Waals surface area (Å²) in [5.74, 6) is -0.819. The van der Waals surface area contributed by atoms with Gasteiger partial charge in [0.05, 0.1) is 40.2 Å². The van der Waals surface area contributed by atoms with E-state index in [0.717, 1.165) is 40.7 Å². The van der Waals surface area contributed by atoms with Crippen molar-refractivity contribution in [1.82, 2.24) is 24.6 Å². The predicted molar refractivity (Wildman–Crippen MR) is 159 cm³/mol. The van der Waals surface area contributed by atoms with Crippen molar-refractivity contribution in [3.05, 3.63) is 89.2 Å². The van der Waals surface area contributed by atoms with Gasteiger partial charge in [0.1, 0.15) is 0 Å². The minimum Gasteiger partial charge on any atom is -0.481 e. The quantitative estimate of drug-likeness (QED) is 0.213. The standard InChI is InChI=1S/C32H30ClN5O3/c33-24-12-9-21(10-13-24)31-27(6-2-4-8-30(39)40)35-28-19-22(11-14-26(28)36-31)32(41)37-17-15-25(16-18-37)38-29-7-3-1-5-23(29)20-34-38/h1,3,5,7,9-14,19-20,25H,2,4,6,8,15-18H2,(H,39,40). The Balaban J connectivity index is 1.22. The number of aryl methyl sites for hydroxylation is 1. The first-order chi connectivity index (χ1) is 20.0. The molecule has 5 aromatic rings. The summed E-state index contributed by atoms with van der Waals surface area (Å²) < 4.78 is 2.10. The number of fused-ring (bicyclic) bond motifs is 2. The second kappa shape index (κ2) is 11.7. The zero-order chi connectivity index (χ0) is 28.3. The number of likely N-dealkylation sites (tertiary alicyclic amines) is 1. The smallest absolute Gasteiger partial charge is 0.303 e. The number of carbonyl (C=O) groups is 2. The Hall–Kier alpha value is -4.30. The van der Waals surface area contributed by atoms with E-state index >= 15 is 0 Å². The van der Waals surface area contributed by atoms with Gasteiger partial charge < -0.3 is 10.0 Å². The number of aromatic nitrogens is 4. The van der Waals surface area contributed by atoms with E-state index in [1.807, 2.05) is 65.7 Å². The number of amides is 1. The lowest BCUT2D eigenvalue weighted by Crippen LogP contribution is -2.39. The summed E-state index contributed by atoms with van der Waals surface area (Å²) in [5, 5.41) is 15.4. The second-order valence-corrected chi connectivity index (χ2v) is 10.9. The van der Waals surface area contributed by atoms with Crippen molar-refractivity contribution in [2.45, 2.75) is 44.6 Å². The number of carbonyl (C=O) groups excluding carboxylic acids is 1. The zero-order valence-electron chi connectivity index (χ0n) is 22.5. The topological polar surface area (TPSA) is 101 Å². The number of hydrogen-bond donors (Lipinski definition) is 1. The van der Waals surface area contributed by atoms with Crippen molar-refractivity contribution in [3.8, 4) is 11.3 Å². The first-order valence-electron chi connectivity index (χ1n) is 14.0. The average Bonchev–Trinajstić information content (AvgIpc) is 3.43. The van der Waals surface area contributed by atoms with Crippen LogP contribution in [0, 0.1) is 0 Å². The molecule has 6 rings (SSSR count). The van der Waals surface area contributed by atoms with E-state index in [9.17, 15) is 9.59 Å². The summed E-state index contributed by atoms with van der Waals surface area (Å²) in [4.78, 5) is 36.2. The van der Waals surface area contributed by atoms with Crippen LogP contribution in [0.4, 0.5) is 0 Å². The molecule has 0 radical (unpaired) electrons. The van der Waals surface area contributed by atoms with E-state index in [0.29, 0.717) is 54.0 Å². The number of aliphatic carboxylic acids is 1. The highest BCUT2D eigenvalue weighted by atomic mass is 35.5. The van der Waals surface area contributed by atoms with E-state index in [4.69, 9.17) is 26.7 Å². The molecule has 3 aromatic carbocycles. The molecule has 2 aromatic heterocycles. The minimum absolute atomic E-state index is 0.0118. The summed E-state index contributed by atoms with van der Waals surface area (Å²) in [6, 6.07) is 21.4. The number of rotatable bonds is 8. The number of unbranched alkanes of at least 4 members (excludes halogenated alkanes) is 1. The van der Waals surface area contributed by atoms with E-state index in [1.54, 1.807) is 0 Å². The van der Waals surface area contributed by atoms with E-state index in [2.05, 4.69) is 21.9 Å². The van der Waals surface area contributed by atoms with E-state index in [-0.39, 0.29) is 18.4 Å². The van der Waals surface area contributed by atoms with Gasteiger partial charge in [0, 0.05) is 41.0 Å². The molecule has 0 bridgehead atoms. The number of carboxylic acid groups (broad SMARTS) is 1. The predicted octanol–water partition coefficient (Wildman–Crippen LogP) is 6.57. The maximum atomic E-state index is 13.5. The van der Waals surface area contributed by atoms with Crippen molar-refractivity contribution in [1.29, 1.82) is 0 Å². The molecular weight excluding hydrogens is 538 g/mol. The van der Waals surface area contributed by atoms with Gasteiger partial charge in [-0.1, -0.05) is 41.9 Å². The molecule has 8 nitrogen and oxygen atoms in total. The van der Waals surface area contributed by atoms with Crippen LogP contribution in [0.5, 0.6) is 0 Å². The highest BCUT2D eigenvalue weighted by Crippen LogP contribution is 2.29. The van der Waals surface area contributed by atoms with E-state index in [1.165, 1.54) is 0 Å². The molecule has 0 saturated carbocycles. The largest absolute Gasteiger partial charge is 0.481 e. The lowest BCUT2D eigenvalue weighted by Gasteiger charge is -2.32. The van der Waals surface area contributed by atoms with Crippen LogP contribution in [0.1, 0.15) is 54.2 Å². The summed E-state index contributed by atoms with van der Waals surface area (Å²) >= 11 is 6.10. The Morgan fingerprint density at radius 3 is 2.49 bits per heavy atom. The van der Waals surface area contributed by atoms with Crippen molar-refractivity contribution < 1.29 is 14.7 Å². The molecule has 1 aliphatic heterocycles. The molecule has 208 valence electrons. The van der Waals surface area contributed by atoms with Crippen LogP contribution in [0.2, 0.25) is 5.02 Å². The van der Waals surface area contributed by atoms with Crippen LogP contribution < -0.4 is 0 Å². The third-order valence-electron chi connectivity index (χ3n) is 7.76. The summed E-state index contributed by atoms with van der Waals surface area (Å²) in [7, 11) is 0. The van der Waals surface area contributed by atoms with Gasteiger partial charge >= 0.3 is 5.97 Å². The highest BCUT2D eigenvalue weighted by molar-refractivity contribution is 6.30. The summed E-state index contributed by atoms with van der Waals surface area (Å²) in [5.41, 5.74) is 5.49. The molecule has 0 unspecified atom stereocenters. The fraction of sp³-hybridized carbons (Fsp3) is 0.281. The van der Waals surface area contributed by atoms with Gasteiger partial charge in [-0.2, -0.15) is 5.10 Å². The first kappa shape index (κ1) is 26.9. The van der Waals surface area contributed by atoms with Crippen LogP contribution in [-0.4, -0.2) is 54.7 Å². The maximum Gasteiger partial charge on any atom is 0.303 e. The molecule has 1 fully saturated rings. The Morgan fingerprint density at radius 2 is 1.71 bits per heavy atom. The number of piperidine rings is 1. The van der Waals surface area contributed by atoms with Crippen LogP contribution in [-0.2, 0) is 11.2 Å². The van der Waals surface area contributed by atoms with Crippen molar-refractivity contribution in [2.75, 3.05) is 13.1 Å². The van der Waals surface area contributed by atoms with Gasteiger partial charge in [-0.25, -0.2) is 9.97 Å². The molecular formula is C32H30ClN5O3. The molecule has 0 aliphatic carbocycles. The van der Waals surface area contributed by atoms with Crippen LogP contribution in [0.15, 0.2) is 72.9 Å². The molecule has 9 heteroatoms. The molecule has 1 aliphatic rings. The van der Waals surface area contributed by atoms with Gasteiger partial charge in [0.15, 0.2) is 0 Å². The monoisotopic (exact) mass is 567 g/mol. The molecule has 1 saturated heterocycles. The Bertz CT molecular complexity index is 1730. The van der Waals surface area contributed by atoms with Gasteiger partial charge in [0.2, 0.25) is 0 Å². The van der Waals surface area contributed by atoms with Gasteiger partial charge in [-0.15, -0.1) is 0 Å². The lowest BCUT2D eigenvalue weighted by molar-refractivity contribution is -0.137. The Kier molecular flexibility index (Phi) is 7.65. The number of carboxylic acids is 1. The third-order valence-corrected chi connectivity index (χ3v) is 8.01. The van der Waals surface area contributed by atoms with Crippen LogP contribution in [0.3, 0.4) is 0 Å². The number of nitrogens with zero attached hydrogens (tertiary/aromatic N) is 5. The normalized spacial score (nSPS) is 14.1. The summed E-state index contributed by atoms with van der Waals surface area (Å²) in [6.07, 6.45) is 5.52. The van der Waals surface area contributed by atoms with E-state index < -0.39 is 5.97 Å². The third kappa shape index (κ3) is 5.79. The van der Waals surface area contributed by atoms with Gasteiger partial charge in [0.25, 0.3) is 5.91 Å². The van der Waals surface area contributed by atoms with Crippen LogP contribution in [0.25, 0.3) is 33.2 Å². The average molecular weight is 568 g/mol. The number of hydrogen-bond acceptors (Lipinski definition) is 5. The number of halogens is 1. The van der Waals surface area contributed by atoms with Crippen molar-refractivity contribution in [2.24, 2.45) is 0 Å². The number of para-hydroxylation sites is 1. The van der Waals surface area contributed by atoms with Crippen molar-refractivity contribution in [3.63, 3.8) is 0 Å². The second-order valence-electron chi connectivity index (χ2n) is 10.5. The minimum atomic E-state index is -0.808. The van der Waals surface area contributed by atoms with Crippen molar-refractivity contribution >= 4 is 45.4 Å². The highest BCUT2D eigenvalue weighted by Gasteiger charge is 2.26. The van der Waals surface area contributed by atoms with Crippen LogP contribution >= 0.6 is 11.6 Å².